The van der Waals surface area contributed by atoms with E-state index in [0.717, 1.165) is 5.56 Å². The molecule has 0 spiro atoms. The van der Waals surface area contributed by atoms with Crippen LogP contribution in [0.2, 0.25) is 0 Å². The van der Waals surface area contributed by atoms with Crippen LogP contribution >= 0.6 is 0 Å². The second kappa shape index (κ2) is 9.62. The highest BCUT2D eigenvalue weighted by Crippen LogP contribution is 2.28. The third-order valence-corrected chi connectivity index (χ3v) is 5.82. The van der Waals surface area contributed by atoms with E-state index < -0.39 is 17.9 Å². The molecule has 0 saturated carbocycles. The number of carbonyl (C=O) groups excluding carboxylic acids is 4. The lowest BCUT2D eigenvalue weighted by molar-refractivity contribution is -0.123. The Labute approximate surface area is 205 Å². The molecule has 2 aliphatic heterocycles. The quantitative estimate of drug-likeness (QED) is 0.286. The number of hydrogen-bond acceptors (Lipinski definition) is 8. The van der Waals surface area contributed by atoms with Crippen molar-refractivity contribution in [1.82, 2.24) is 35.9 Å². The number of nitrogens with one attached hydrogen (secondary N) is 5. The van der Waals surface area contributed by atoms with Crippen LogP contribution in [-0.4, -0.2) is 70.0 Å². The van der Waals surface area contributed by atoms with Crippen LogP contribution < -0.4 is 31.3 Å². The van der Waals surface area contributed by atoms with Gasteiger partial charge in [-0.1, -0.05) is 6.07 Å². The van der Waals surface area contributed by atoms with Crippen LogP contribution in [0.15, 0.2) is 36.5 Å². The summed E-state index contributed by atoms with van der Waals surface area (Å²) in [6.07, 6.45) is 1.46. The first-order valence-corrected chi connectivity index (χ1v) is 11.4. The van der Waals surface area contributed by atoms with Crippen molar-refractivity contribution in [3.63, 3.8) is 0 Å². The average molecular weight is 492 g/mol. The summed E-state index contributed by atoms with van der Waals surface area (Å²) in [7, 11) is 0. The van der Waals surface area contributed by atoms with Gasteiger partial charge in [0.1, 0.15) is 23.2 Å². The monoisotopic (exact) mass is 492 g/mol. The van der Waals surface area contributed by atoms with E-state index in [1.165, 1.54) is 16.8 Å². The largest absolute Gasteiger partial charge is 0.482 e. The molecule has 186 valence electrons. The highest BCUT2D eigenvalue weighted by atomic mass is 16.5. The summed E-state index contributed by atoms with van der Waals surface area (Å²) in [5, 5.41) is 18.1. The van der Waals surface area contributed by atoms with Gasteiger partial charge in [0.05, 0.1) is 17.9 Å². The van der Waals surface area contributed by atoms with E-state index in [4.69, 9.17) is 4.74 Å². The molecule has 13 heteroatoms. The van der Waals surface area contributed by atoms with Crippen molar-refractivity contribution in [3.05, 3.63) is 53.5 Å². The smallest absolute Gasteiger partial charge is 0.270 e. The lowest BCUT2D eigenvalue weighted by atomic mass is 10.1. The summed E-state index contributed by atoms with van der Waals surface area (Å²) in [6, 6.07) is 7.35. The molecule has 1 atom stereocenters. The molecule has 2 aliphatic rings. The summed E-state index contributed by atoms with van der Waals surface area (Å²) in [4.78, 5) is 54.1. The van der Waals surface area contributed by atoms with Gasteiger partial charge in [0.25, 0.3) is 17.7 Å². The fourth-order valence-electron chi connectivity index (χ4n) is 3.76. The standard InChI is InChI=1S/C23H24N8O5/c1-12(21(33)28-14-9-24-10-14)27-23(35)17-7-16(29-19-4-5-26-31(17)19)22(34)25-8-13-2-3-18-15(6-13)30-20(32)11-36-18/h2-7,12,14,24H,8-11H2,1H3,(H,25,34)(H,27,35)(H,28,33)(H,30,32). The molecule has 13 nitrogen and oxygen atoms in total. The van der Waals surface area contributed by atoms with Gasteiger partial charge in [-0.25, -0.2) is 9.50 Å². The topological polar surface area (TPSA) is 168 Å². The number of fused-ring (bicyclic) bond motifs is 2. The Morgan fingerprint density at radius 3 is 2.81 bits per heavy atom. The van der Waals surface area contributed by atoms with Gasteiger partial charge in [0, 0.05) is 31.8 Å². The molecule has 0 bridgehead atoms. The number of aromatic nitrogens is 3. The third kappa shape index (κ3) is 4.81. The first-order chi connectivity index (χ1) is 17.4. The Hall–Kier alpha value is -4.52. The molecule has 3 aromatic rings. The minimum atomic E-state index is -0.789. The lowest BCUT2D eigenvalue weighted by Crippen LogP contribution is -2.60. The van der Waals surface area contributed by atoms with Gasteiger partial charge in [0.15, 0.2) is 12.3 Å². The van der Waals surface area contributed by atoms with Gasteiger partial charge >= 0.3 is 0 Å². The molecule has 1 saturated heterocycles. The maximum Gasteiger partial charge on any atom is 0.270 e. The summed E-state index contributed by atoms with van der Waals surface area (Å²) in [5.41, 5.74) is 1.65. The van der Waals surface area contributed by atoms with E-state index in [0.29, 0.717) is 30.2 Å². The molecular formula is C23H24N8O5. The molecule has 36 heavy (non-hydrogen) atoms. The fraction of sp³-hybridized carbons (Fsp3) is 0.304. The van der Waals surface area contributed by atoms with Gasteiger partial charge in [0.2, 0.25) is 5.91 Å². The molecule has 1 fully saturated rings. The number of carbonyl (C=O) groups is 4. The summed E-state index contributed by atoms with van der Waals surface area (Å²) in [6.45, 7) is 3.08. The first-order valence-electron chi connectivity index (χ1n) is 11.4. The lowest BCUT2D eigenvalue weighted by Gasteiger charge is -2.29. The number of anilines is 1. The van der Waals surface area contributed by atoms with Crippen LogP contribution in [0.1, 0.15) is 33.5 Å². The van der Waals surface area contributed by atoms with E-state index in [-0.39, 0.29) is 42.4 Å². The van der Waals surface area contributed by atoms with E-state index in [2.05, 4.69) is 36.7 Å². The number of amides is 4. The average Bonchev–Trinajstić information content (AvgIpc) is 3.32. The number of nitrogens with zero attached hydrogens (tertiary/aromatic N) is 3. The molecule has 5 rings (SSSR count). The highest BCUT2D eigenvalue weighted by molar-refractivity contribution is 6.00. The number of ether oxygens (including phenoxy) is 1. The van der Waals surface area contributed by atoms with Crippen molar-refractivity contribution < 1.29 is 23.9 Å². The van der Waals surface area contributed by atoms with E-state index >= 15 is 0 Å². The van der Waals surface area contributed by atoms with E-state index in [9.17, 15) is 19.2 Å². The van der Waals surface area contributed by atoms with Crippen LogP contribution in [0.4, 0.5) is 5.69 Å². The number of rotatable bonds is 7. The number of hydrogen-bond donors (Lipinski definition) is 5. The molecular weight excluding hydrogens is 468 g/mol. The van der Waals surface area contributed by atoms with E-state index in [1.54, 1.807) is 31.2 Å². The molecule has 4 amide bonds. The zero-order chi connectivity index (χ0) is 25.2. The molecule has 0 aliphatic carbocycles. The maximum absolute atomic E-state index is 13.0. The van der Waals surface area contributed by atoms with Crippen LogP contribution in [0, 0.1) is 0 Å². The minimum Gasteiger partial charge on any atom is -0.482 e. The van der Waals surface area contributed by atoms with Gasteiger partial charge in [-0.15, -0.1) is 0 Å². The van der Waals surface area contributed by atoms with Gasteiger partial charge in [-0.05, 0) is 24.6 Å². The van der Waals surface area contributed by atoms with Gasteiger partial charge in [-0.2, -0.15) is 5.10 Å². The Bertz CT molecular complexity index is 1370. The minimum absolute atomic E-state index is 0.0143. The molecule has 4 heterocycles. The van der Waals surface area contributed by atoms with Crippen LogP contribution in [0.3, 0.4) is 0 Å². The molecule has 0 radical (unpaired) electrons. The van der Waals surface area contributed by atoms with Crippen molar-refractivity contribution >= 4 is 35.0 Å². The normalized spacial score (nSPS) is 15.6. The second-order valence-corrected chi connectivity index (χ2v) is 8.54. The van der Waals surface area contributed by atoms with Crippen molar-refractivity contribution in [2.45, 2.75) is 25.6 Å². The SMILES string of the molecule is CC(NC(=O)c1cc(C(=O)NCc2ccc3c(c2)NC(=O)CO3)nc2ccnn12)C(=O)NC1CNC1. The first kappa shape index (κ1) is 23.2. The third-order valence-electron chi connectivity index (χ3n) is 5.82. The van der Waals surface area contributed by atoms with E-state index in [1.807, 2.05) is 0 Å². The number of benzene rings is 1. The summed E-state index contributed by atoms with van der Waals surface area (Å²) < 4.78 is 6.64. The Morgan fingerprint density at radius 2 is 2.03 bits per heavy atom. The predicted molar refractivity (Wildman–Crippen MR) is 126 cm³/mol. The fourth-order valence-corrected chi connectivity index (χ4v) is 3.76. The summed E-state index contributed by atoms with van der Waals surface area (Å²) in [5.74, 6) is -1.07. The Kier molecular flexibility index (Phi) is 6.21. The van der Waals surface area contributed by atoms with Crippen LogP contribution in [-0.2, 0) is 16.1 Å². The van der Waals surface area contributed by atoms with Crippen molar-refractivity contribution in [1.29, 1.82) is 0 Å². The van der Waals surface area contributed by atoms with Crippen molar-refractivity contribution in [3.8, 4) is 5.75 Å². The van der Waals surface area contributed by atoms with Gasteiger partial charge < -0.3 is 31.3 Å². The van der Waals surface area contributed by atoms with Crippen molar-refractivity contribution in [2.75, 3.05) is 25.0 Å². The molecule has 5 N–H and O–H groups in total. The Balaban J connectivity index is 1.28. The van der Waals surface area contributed by atoms with Crippen LogP contribution in [0.25, 0.3) is 5.65 Å². The molecule has 1 unspecified atom stereocenters. The predicted octanol–water partition coefficient (Wildman–Crippen LogP) is -0.803. The maximum atomic E-state index is 13.0. The molecule has 1 aromatic carbocycles. The van der Waals surface area contributed by atoms with Gasteiger partial charge in [-0.3, -0.25) is 19.2 Å². The van der Waals surface area contributed by atoms with Crippen molar-refractivity contribution in [2.24, 2.45) is 0 Å². The zero-order valence-corrected chi connectivity index (χ0v) is 19.3. The highest BCUT2D eigenvalue weighted by Gasteiger charge is 2.25. The molecule has 2 aromatic heterocycles. The second-order valence-electron chi connectivity index (χ2n) is 8.54. The zero-order valence-electron chi connectivity index (χ0n) is 19.3. The van der Waals surface area contributed by atoms with Crippen LogP contribution in [0.5, 0.6) is 5.75 Å². The summed E-state index contributed by atoms with van der Waals surface area (Å²) >= 11 is 0. The Morgan fingerprint density at radius 1 is 1.19 bits per heavy atom.